The number of nitrogens with one attached hydrogen (secondary N) is 1. The van der Waals surface area contributed by atoms with Crippen molar-refractivity contribution in [3.8, 4) is 0 Å². The van der Waals surface area contributed by atoms with Gasteiger partial charge >= 0.3 is 5.97 Å². The van der Waals surface area contributed by atoms with E-state index < -0.39 is 6.04 Å². The van der Waals surface area contributed by atoms with Crippen molar-refractivity contribution in [2.24, 2.45) is 0 Å². The molecule has 0 bridgehead atoms. The fourth-order valence-electron chi connectivity index (χ4n) is 1.93. The zero-order valence-corrected chi connectivity index (χ0v) is 12.5. The molecule has 1 aromatic rings. The Morgan fingerprint density at radius 1 is 1.45 bits per heavy atom. The van der Waals surface area contributed by atoms with Gasteiger partial charge in [0.05, 0.1) is 6.61 Å². The Bertz CT molecular complexity index is 438. The Morgan fingerprint density at radius 2 is 2.15 bits per heavy atom. The zero-order chi connectivity index (χ0) is 15.1. The van der Waals surface area contributed by atoms with Crippen LogP contribution in [0.4, 0.5) is 10.1 Å². The van der Waals surface area contributed by atoms with E-state index in [9.17, 15) is 9.18 Å². The minimum absolute atomic E-state index is 0.158. The van der Waals surface area contributed by atoms with Gasteiger partial charge < -0.3 is 15.0 Å². The molecule has 5 heteroatoms. The van der Waals surface area contributed by atoms with Gasteiger partial charge in [-0.25, -0.2) is 4.39 Å². The molecule has 1 atom stereocenters. The van der Waals surface area contributed by atoms with Crippen LogP contribution in [0.1, 0.15) is 20.8 Å². The van der Waals surface area contributed by atoms with Crippen molar-refractivity contribution in [3.05, 3.63) is 30.1 Å². The largest absolute Gasteiger partial charge is 0.465 e. The van der Waals surface area contributed by atoms with E-state index in [1.807, 2.05) is 25.8 Å². The summed E-state index contributed by atoms with van der Waals surface area (Å²) in [6.07, 6.45) is 0. The molecule has 0 radical (unpaired) electrons. The van der Waals surface area contributed by atoms with Crippen molar-refractivity contribution < 1.29 is 13.9 Å². The normalized spacial score (nSPS) is 12.3. The highest BCUT2D eigenvalue weighted by molar-refractivity contribution is 5.76. The first-order valence-electron chi connectivity index (χ1n) is 6.83. The summed E-state index contributed by atoms with van der Waals surface area (Å²) in [5, 5.41) is 3.17. The second-order valence-electron chi connectivity index (χ2n) is 4.99. The molecule has 1 rings (SSSR count). The van der Waals surface area contributed by atoms with Crippen LogP contribution >= 0.6 is 0 Å². The molecule has 0 aromatic heterocycles. The van der Waals surface area contributed by atoms with Gasteiger partial charge in [0.15, 0.2) is 0 Å². The molecule has 0 heterocycles. The Labute approximate surface area is 119 Å². The van der Waals surface area contributed by atoms with Crippen LogP contribution in [-0.2, 0) is 9.53 Å². The third-order valence-electron chi connectivity index (χ3n) is 2.81. The SMILES string of the molecule is CCOC(=O)C(CN(C)c1cccc(F)c1)NC(C)C. The standard InChI is InChI=1S/C15H23FN2O2/c1-5-20-15(19)14(17-11(2)3)10-18(4)13-8-6-7-12(16)9-13/h6-9,11,14,17H,5,10H2,1-4H3. The lowest BCUT2D eigenvalue weighted by atomic mass is 10.2. The van der Waals surface area contributed by atoms with Gasteiger partial charge in [0, 0.05) is 25.3 Å². The molecule has 0 fully saturated rings. The van der Waals surface area contributed by atoms with Crippen LogP contribution < -0.4 is 10.2 Å². The molecule has 0 aliphatic carbocycles. The summed E-state index contributed by atoms with van der Waals surface area (Å²) in [6, 6.07) is 6.01. The lowest BCUT2D eigenvalue weighted by Gasteiger charge is -2.26. The first-order valence-corrected chi connectivity index (χ1v) is 6.83. The van der Waals surface area contributed by atoms with Gasteiger partial charge in [-0.2, -0.15) is 0 Å². The number of esters is 1. The van der Waals surface area contributed by atoms with Crippen LogP contribution in [0.5, 0.6) is 0 Å². The van der Waals surface area contributed by atoms with E-state index in [1.54, 1.807) is 19.1 Å². The van der Waals surface area contributed by atoms with Gasteiger partial charge in [0.2, 0.25) is 0 Å². The van der Waals surface area contributed by atoms with Crippen molar-refractivity contribution >= 4 is 11.7 Å². The number of halogens is 1. The molecular formula is C15H23FN2O2. The number of anilines is 1. The van der Waals surface area contributed by atoms with Gasteiger partial charge in [-0.05, 0) is 25.1 Å². The molecule has 1 N–H and O–H groups in total. The maximum atomic E-state index is 13.2. The Kier molecular flexibility index (Phi) is 6.45. The topological polar surface area (TPSA) is 41.6 Å². The zero-order valence-electron chi connectivity index (χ0n) is 12.5. The van der Waals surface area contributed by atoms with Gasteiger partial charge in [-0.3, -0.25) is 4.79 Å². The predicted molar refractivity (Wildman–Crippen MR) is 78.4 cm³/mol. The van der Waals surface area contributed by atoms with Crippen molar-refractivity contribution in [3.63, 3.8) is 0 Å². The summed E-state index contributed by atoms with van der Waals surface area (Å²) in [4.78, 5) is 13.8. The molecule has 1 aromatic carbocycles. The maximum absolute atomic E-state index is 13.2. The molecule has 0 saturated heterocycles. The average molecular weight is 282 g/mol. The molecule has 0 saturated carbocycles. The van der Waals surface area contributed by atoms with E-state index in [1.165, 1.54) is 12.1 Å². The maximum Gasteiger partial charge on any atom is 0.324 e. The Morgan fingerprint density at radius 3 is 2.70 bits per heavy atom. The van der Waals surface area contributed by atoms with Crippen LogP contribution in [-0.4, -0.2) is 38.3 Å². The number of ether oxygens (including phenoxy) is 1. The van der Waals surface area contributed by atoms with Crippen LogP contribution in [0.25, 0.3) is 0 Å². The van der Waals surface area contributed by atoms with E-state index in [0.29, 0.717) is 13.2 Å². The monoisotopic (exact) mass is 282 g/mol. The van der Waals surface area contributed by atoms with Crippen LogP contribution in [0, 0.1) is 5.82 Å². The molecule has 0 aliphatic heterocycles. The van der Waals surface area contributed by atoms with Crippen molar-refractivity contribution in [2.75, 3.05) is 25.1 Å². The highest BCUT2D eigenvalue weighted by atomic mass is 19.1. The predicted octanol–water partition coefficient (Wildman–Crippen LogP) is 2.19. The highest BCUT2D eigenvalue weighted by Gasteiger charge is 2.22. The quantitative estimate of drug-likeness (QED) is 0.778. The van der Waals surface area contributed by atoms with Crippen molar-refractivity contribution in [1.29, 1.82) is 0 Å². The number of benzene rings is 1. The Hall–Kier alpha value is -1.62. The number of carbonyl (C=O) groups is 1. The summed E-state index contributed by atoms with van der Waals surface area (Å²) in [5.74, 6) is -0.580. The van der Waals surface area contributed by atoms with Crippen molar-refractivity contribution in [2.45, 2.75) is 32.9 Å². The van der Waals surface area contributed by atoms with E-state index in [0.717, 1.165) is 5.69 Å². The summed E-state index contributed by atoms with van der Waals surface area (Å²) >= 11 is 0. The lowest BCUT2D eigenvalue weighted by Crippen LogP contribution is -2.48. The molecule has 0 spiro atoms. The number of likely N-dealkylation sites (N-methyl/N-ethyl adjacent to an activating group) is 1. The third-order valence-corrected chi connectivity index (χ3v) is 2.81. The van der Waals surface area contributed by atoms with Crippen LogP contribution in [0.2, 0.25) is 0 Å². The number of rotatable bonds is 7. The highest BCUT2D eigenvalue weighted by Crippen LogP contribution is 2.14. The van der Waals surface area contributed by atoms with E-state index in [2.05, 4.69) is 5.32 Å². The average Bonchev–Trinajstić information content (AvgIpc) is 2.37. The Balaban J connectivity index is 2.75. The summed E-state index contributed by atoms with van der Waals surface area (Å²) in [5.41, 5.74) is 0.727. The minimum atomic E-state index is -0.441. The summed E-state index contributed by atoms with van der Waals surface area (Å²) < 4.78 is 18.3. The van der Waals surface area contributed by atoms with Gasteiger partial charge in [-0.1, -0.05) is 19.9 Å². The van der Waals surface area contributed by atoms with Gasteiger partial charge in [0.1, 0.15) is 11.9 Å². The van der Waals surface area contributed by atoms with Gasteiger partial charge in [0.25, 0.3) is 0 Å². The van der Waals surface area contributed by atoms with E-state index >= 15 is 0 Å². The second kappa shape index (κ2) is 7.85. The fraction of sp³-hybridized carbons (Fsp3) is 0.533. The number of carbonyl (C=O) groups excluding carboxylic acids is 1. The van der Waals surface area contributed by atoms with Crippen molar-refractivity contribution in [1.82, 2.24) is 5.32 Å². The van der Waals surface area contributed by atoms with E-state index in [-0.39, 0.29) is 17.8 Å². The number of nitrogens with zero attached hydrogens (tertiary/aromatic N) is 1. The summed E-state index contributed by atoms with van der Waals surface area (Å²) in [7, 11) is 1.82. The fourth-order valence-corrected chi connectivity index (χ4v) is 1.93. The molecule has 1 unspecified atom stereocenters. The molecular weight excluding hydrogens is 259 g/mol. The third kappa shape index (κ3) is 5.17. The smallest absolute Gasteiger partial charge is 0.324 e. The molecule has 0 aliphatic rings. The van der Waals surface area contributed by atoms with Gasteiger partial charge in [-0.15, -0.1) is 0 Å². The summed E-state index contributed by atoms with van der Waals surface area (Å²) in [6.45, 7) is 6.47. The molecule has 4 nitrogen and oxygen atoms in total. The molecule has 20 heavy (non-hydrogen) atoms. The second-order valence-corrected chi connectivity index (χ2v) is 4.99. The van der Waals surface area contributed by atoms with Crippen LogP contribution in [0.3, 0.4) is 0 Å². The van der Waals surface area contributed by atoms with Crippen LogP contribution in [0.15, 0.2) is 24.3 Å². The molecule has 0 amide bonds. The number of hydrogen-bond acceptors (Lipinski definition) is 4. The first-order chi connectivity index (χ1) is 9.43. The molecule has 112 valence electrons. The lowest BCUT2D eigenvalue weighted by molar-refractivity contribution is -0.145. The minimum Gasteiger partial charge on any atom is -0.465 e. The number of hydrogen-bond donors (Lipinski definition) is 1. The first kappa shape index (κ1) is 16.4. The van der Waals surface area contributed by atoms with E-state index in [4.69, 9.17) is 4.74 Å².